The number of hydrogen-bond donors (Lipinski definition) is 2. The lowest BCUT2D eigenvalue weighted by Gasteiger charge is -2.20. The molecule has 0 amide bonds. The fourth-order valence-electron chi connectivity index (χ4n) is 2.57. The van der Waals surface area contributed by atoms with E-state index in [1.807, 2.05) is 0 Å². The van der Waals surface area contributed by atoms with Gasteiger partial charge in [0.1, 0.15) is 5.82 Å². The number of oxime groups is 1. The predicted molar refractivity (Wildman–Crippen MR) is 76.3 cm³/mol. The Morgan fingerprint density at radius 3 is 2.90 bits per heavy atom. The van der Waals surface area contributed by atoms with Crippen molar-refractivity contribution < 1.29 is 9.60 Å². The number of nitrogens with two attached hydrogens (primary N) is 1. The second kappa shape index (κ2) is 6.19. The van der Waals surface area contributed by atoms with Crippen molar-refractivity contribution in [1.82, 2.24) is 9.80 Å². The smallest absolute Gasteiger partial charge is 0.173 e. The lowest BCUT2D eigenvalue weighted by Crippen LogP contribution is -2.31. The summed E-state index contributed by atoms with van der Waals surface area (Å²) in [5.41, 5.74) is 6.20. The molecule has 3 N–H and O–H groups in total. The van der Waals surface area contributed by atoms with Gasteiger partial charge < -0.3 is 15.8 Å². The number of nitrogens with zero attached hydrogens (tertiary/aromatic N) is 3. The molecular formula is C14H21FN4O. The van der Waals surface area contributed by atoms with Crippen LogP contribution in [0.25, 0.3) is 0 Å². The summed E-state index contributed by atoms with van der Waals surface area (Å²) in [6.07, 6.45) is 1.09. The van der Waals surface area contributed by atoms with Gasteiger partial charge in [-0.3, -0.25) is 4.90 Å². The molecule has 1 atom stereocenters. The molecule has 1 aromatic rings. The molecule has 6 heteroatoms. The van der Waals surface area contributed by atoms with Crippen LogP contribution >= 0.6 is 0 Å². The van der Waals surface area contributed by atoms with Crippen molar-refractivity contribution in [3.63, 3.8) is 0 Å². The van der Waals surface area contributed by atoms with Crippen LogP contribution in [0.2, 0.25) is 0 Å². The van der Waals surface area contributed by atoms with Gasteiger partial charge in [-0.25, -0.2) is 4.39 Å². The first-order valence-corrected chi connectivity index (χ1v) is 6.67. The van der Waals surface area contributed by atoms with E-state index >= 15 is 0 Å². The van der Waals surface area contributed by atoms with Gasteiger partial charge in [-0.2, -0.15) is 0 Å². The molecule has 0 radical (unpaired) electrons. The summed E-state index contributed by atoms with van der Waals surface area (Å²) in [7, 11) is 4.13. The van der Waals surface area contributed by atoms with E-state index < -0.39 is 5.82 Å². The van der Waals surface area contributed by atoms with Crippen molar-refractivity contribution in [2.45, 2.75) is 19.0 Å². The van der Waals surface area contributed by atoms with Crippen LogP contribution < -0.4 is 5.73 Å². The number of halogens is 1. The molecule has 20 heavy (non-hydrogen) atoms. The van der Waals surface area contributed by atoms with Gasteiger partial charge in [0.2, 0.25) is 0 Å². The molecule has 1 aliphatic rings. The van der Waals surface area contributed by atoms with Gasteiger partial charge in [0.15, 0.2) is 5.84 Å². The van der Waals surface area contributed by atoms with E-state index in [0.717, 1.165) is 19.5 Å². The summed E-state index contributed by atoms with van der Waals surface area (Å²) in [5.74, 6) is -0.604. The van der Waals surface area contributed by atoms with Crippen LogP contribution in [0.3, 0.4) is 0 Å². The third-order valence-electron chi connectivity index (χ3n) is 3.83. The van der Waals surface area contributed by atoms with Crippen LogP contribution in [-0.4, -0.2) is 54.1 Å². The largest absolute Gasteiger partial charge is 0.409 e. The third-order valence-corrected chi connectivity index (χ3v) is 3.83. The second-order valence-electron chi connectivity index (χ2n) is 5.41. The maximum atomic E-state index is 14.3. The third kappa shape index (κ3) is 3.08. The van der Waals surface area contributed by atoms with E-state index in [1.165, 1.54) is 6.07 Å². The number of likely N-dealkylation sites (N-methyl/N-ethyl adjacent to an activating group) is 1. The first-order chi connectivity index (χ1) is 9.52. The summed E-state index contributed by atoms with van der Waals surface area (Å²) in [6.45, 7) is 2.43. The average molecular weight is 280 g/mol. The minimum atomic E-state index is -0.406. The molecule has 0 spiro atoms. The van der Waals surface area contributed by atoms with Crippen LogP contribution in [0, 0.1) is 5.82 Å². The summed E-state index contributed by atoms with van der Waals surface area (Å²) >= 11 is 0. The Morgan fingerprint density at radius 1 is 1.55 bits per heavy atom. The van der Waals surface area contributed by atoms with Gasteiger partial charge >= 0.3 is 0 Å². The van der Waals surface area contributed by atoms with Crippen molar-refractivity contribution >= 4 is 5.84 Å². The van der Waals surface area contributed by atoms with Gasteiger partial charge in [0, 0.05) is 31.2 Å². The van der Waals surface area contributed by atoms with Crippen LogP contribution in [0.1, 0.15) is 17.5 Å². The fraction of sp³-hybridized carbons (Fsp3) is 0.500. The second-order valence-corrected chi connectivity index (χ2v) is 5.41. The molecule has 2 rings (SSSR count). The Morgan fingerprint density at radius 2 is 2.30 bits per heavy atom. The van der Waals surface area contributed by atoms with Crippen LogP contribution in [0.5, 0.6) is 0 Å². The average Bonchev–Trinajstić information content (AvgIpc) is 2.89. The highest BCUT2D eigenvalue weighted by molar-refractivity contribution is 5.97. The molecule has 1 aromatic carbocycles. The van der Waals surface area contributed by atoms with Crippen LogP contribution in [0.4, 0.5) is 4.39 Å². The van der Waals surface area contributed by atoms with Gasteiger partial charge in [0.25, 0.3) is 0 Å². The topological polar surface area (TPSA) is 65.1 Å². The zero-order chi connectivity index (χ0) is 14.7. The molecule has 0 saturated carbocycles. The lowest BCUT2D eigenvalue weighted by molar-refractivity contribution is 0.263. The molecule has 1 saturated heterocycles. The maximum Gasteiger partial charge on any atom is 0.173 e. The summed E-state index contributed by atoms with van der Waals surface area (Å²) in [5, 5.41) is 11.5. The first-order valence-electron chi connectivity index (χ1n) is 6.67. The molecule has 0 aliphatic carbocycles. The van der Waals surface area contributed by atoms with Gasteiger partial charge in [-0.05, 0) is 26.6 Å². The van der Waals surface area contributed by atoms with E-state index in [1.54, 1.807) is 12.1 Å². The number of amidine groups is 1. The normalized spacial score (nSPS) is 20.8. The van der Waals surface area contributed by atoms with Crippen molar-refractivity contribution in [2.24, 2.45) is 10.9 Å². The van der Waals surface area contributed by atoms with Crippen molar-refractivity contribution in [3.05, 3.63) is 35.1 Å². The minimum Gasteiger partial charge on any atom is -0.409 e. The zero-order valence-corrected chi connectivity index (χ0v) is 11.9. The molecule has 1 heterocycles. The van der Waals surface area contributed by atoms with E-state index in [4.69, 9.17) is 10.9 Å². The Hall–Kier alpha value is -1.66. The monoisotopic (exact) mass is 280 g/mol. The van der Waals surface area contributed by atoms with Gasteiger partial charge in [0.05, 0.1) is 5.56 Å². The number of likely N-dealkylation sites (tertiary alicyclic amines) is 1. The first kappa shape index (κ1) is 14.7. The highest BCUT2D eigenvalue weighted by Gasteiger charge is 2.24. The molecule has 0 aromatic heterocycles. The zero-order valence-electron chi connectivity index (χ0n) is 11.9. The quantitative estimate of drug-likeness (QED) is 0.374. The van der Waals surface area contributed by atoms with E-state index in [0.29, 0.717) is 18.2 Å². The van der Waals surface area contributed by atoms with Crippen molar-refractivity contribution in [3.8, 4) is 0 Å². The number of rotatable bonds is 4. The summed E-state index contributed by atoms with van der Waals surface area (Å²) < 4.78 is 14.3. The summed E-state index contributed by atoms with van der Waals surface area (Å²) in [4.78, 5) is 4.42. The van der Waals surface area contributed by atoms with Crippen molar-refractivity contribution in [2.75, 3.05) is 27.2 Å². The van der Waals surface area contributed by atoms with Crippen molar-refractivity contribution in [1.29, 1.82) is 0 Å². The highest BCUT2D eigenvalue weighted by Crippen LogP contribution is 2.19. The molecular weight excluding hydrogens is 259 g/mol. The Balaban J connectivity index is 2.11. The SMILES string of the molecule is CN(C)C1CCN(Cc2cccc(/C(N)=N/O)c2F)C1. The van der Waals surface area contributed by atoms with Crippen LogP contribution in [0.15, 0.2) is 23.4 Å². The van der Waals surface area contributed by atoms with Gasteiger partial charge in [-0.15, -0.1) is 0 Å². The Labute approximate surface area is 118 Å². The van der Waals surface area contributed by atoms with E-state index in [-0.39, 0.29) is 11.4 Å². The fourth-order valence-corrected chi connectivity index (χ4v) is 2.57. The van der Waals surface area contributed by atoms with E-state index in [2.05, 4.69) is 29.1 Å². The molecule has 1 fully saturated rings. The Kier molecular flexibility index (Phi) is 4.57. The number of hydrogen-bond acceptors (Lipinski definition) is 4. The van der Waals surface area contributed by atoms with Crippen LogP contribution in [-0.2, 0) is 6.54 Å². The predicted octanol–water partition coefficient (Wildman–Crippen LogP) is 1.06. The molecule has 1 aliphatic heterocycles. The minimum absolute atomic E-state index is 0.147. The standard InChI is InChI=1S/C14H21FN4O/c1-18(2)11-6-7-19(9-11)8-10-4-3-5-12(13(10)15)14(16)17-20/h3-5,11,20H,6-9H2,1-2H3,(H2,16,17). The molecule has 0 bridgehead atoms. The molecule has 1 unspecified atom stereocenters. The Bertz CT molecular complexity index is 504. The maximum absolute atomic E-state index is 14.3. The molecule has 110 valence electrons. The van der Waals surface area contributed by atoms with Gasteiger partial charge in [-0.1, -0.05) is 17.3 Å². The summed E-state index contributed by atoms with van der Waals surface area (Å²) in [6, 6.07) is 5.50. The lowest BCUT2D eigenvalue weighted by atomic mass is 10.1. The molecule has 5 nitrogen and oxygen atoms in total. The van der Waals surface area contributed by atoms with E-state index in [9.17, 15) is 4.39 Å². The highest BCUT2D eigenvalue weighted by atomic mass is 19.1. The number of benzene rings is 1.